The number of carbonyl (C=O) groups excluding carboxylic acids is 3. The lowest BCUT2D eigenvalue weighted by Gasteiger charge is -2.15. The summed E-state index contributed by atoms with van der Waals surface area (Å²) in [4.78, 5) is 50.5. The first-order chi connectivity index (χ1) is 22.3. The van der Waals surface area contributed by atoms with Crippen LogP contribution in [0.15, 0.2) is 90.3 Å². The van der Waals surface area contributed by atoms with E-state index >= 15 is 0 Å². The van der Waals surface area contributed by atoms with Gasteiger partial charge in [0.2, 0.25) is 5.91 Å². The van der Waals surface area contributed by atoms with Crippen molar-refractivity contribution in [2.24, 2.45) is 0 Å². The minimum Gasteiger partial charge on any atom is -0.494 e. The predicted molar refractivity (Wildman–Crippen MR) is 178 cm³/mol. The van der Waals surface area contributed by atoms with Crippen molar-refractivity contribution in [1.82, 2.24) is 5.32 Å². The van der Waals surface area contributed by atoms with Crippen LogP contribution in [0.3, 0.4) is 0 Å². The Labute approximate surface area is 272 Å². The summed E-state index contributed by atoms with van der Waals surface area (Å²) >= 11 is 1.50. The summed E-state index contributed by atoms with van der Waals surface area (Å²) in [5.41, 5.74) is 1.80. The Kier molecular flexibility index (Phi) is 12.9. The van der Waals surface area contributed by atoms with Crippen LogP contribution in [0.1, 0.15) is 70.2 Å². The summed E-state index contributed by atoms with van der Waals surface area (Å²) in [6.45, 7) is 2.82. The van der Waals surface area contributed by atoms with Gasteiger partial charge in [-0.3, -0.25) is 9.59 Å². The van der Waals surface area contributed by atoms with Gasteiger partial charge in [0.25, 0.3) is 5.91 Å². The van der Waals surface area contributed by atoms with E-state index in [2.05, 4.69) is 17.6 Å². The van der Waals surface area contributed by atoms with E-state index in [1.807, 2.05) is 17.5 Å². The second kappa shape index (κ2) is 17.5. The molecule has 1 heterocycles. The molecule has 0 saturated heterocycles. The maximum Gasteiger partial charge on any atom is 0.343 e. The molecule has 1 aromatic heterocycles. The monoisotopic (exact) mass is 642 g/mol. The quantitative estimate of drug-likeness (QED) is 0.0647. The third kappa shape index (κ3) is 10.9. The second-order valence-electron chi connectivity index (χ2n) is 10.8. The first-order valence-electron chi connectivity index (χ1n) is 15.3. The van der Waals surface area contributed by atoms with Gasteiger partial charge >= 0.3 is 11.9 Å². The number of thiophene rings is 1. The number of carbonyl (C=O) groups is 4. The summed E-state index contributed by atoms with van der Waals surface area (Å²) < 4.78 is 11.2. The molecule has 4 aromatic rings. The van der Waals surface area contributed by atoms with Crippen molar-refractivity contribution in [2.45, 2.75) is 57.9 Å². The van der Waals surface area contributed by atoms with Crippen molar-refractivity contribution in [2.75, 3.05) is 11.9 Å². The lowest BCUT2D eigenvalue weighted by Crippen LogP contribution is -2.42. The highest BCUT2D eigenvalue weighted by atomic mass is 32.1. The van der Waals surface area contributed by atoms with Crippen LogP contribution in [-0.2, 0) is 22.4 Å². The van der Waals surface area contributed by atoms with Crippen molar-refractivity contribution in [1.29, 1.82) is 0 Å². The van der Waals surface area contributed by atoms with Gasteiger partial charge in [-0.25, -0.2) is 9.59 Å². The Morgan fingerprint density at radius 1 is 0.804 bits per heavy atom. The first kappa shape index (κ1) is 33.9. The minimum atomic E-state index is -1.19. The van der Waals surface area contributed by atoms with Crippen molar-refractivity contribution < 1.29 is 33.8 Å². The molecule has 0 aliphatic carbocycles. The van der Waals surface area contributed by atoms with Gasteiger partial charge in [0.1, 0.15) is 17.5 Å². The molecule has 0 saturated carbocycles. The molecule has 10 heteroatoms. The second-order valence-corrected chi connectivity index (χ2v) is 11.8. The van der Waals surface area contributed by atoms with Crippen LogP contribution in [0.5, 0.6) is 11.5 Å². The molecule has 1 atom stereocenters. The molecule has 2 amide bonds. The summed E-state index contributed by atoms with van der Waals surface area (Å²) in [6, 6.07) is 22.0. The molecule has 1 unspecified atom stereocenters. The molecule has 0 aliphatic heterocycles. The molecular formula is C36H38N2O7S. The molecule has 3 aromatic carbocycles. The van der Waals surface area contributed by atoms with Gasteiger partial charge in [0.15, 0.2) is 0 Å². The number of anilines is 1. The number of benzene rings is 3. The molecule has 3 N–H and O–H groups in total. The maximum absolute atomic E-state index is 12.8. The number of nitrogens with one attached hydrogen (secondary N) is 2. The van der Waals surface area contributed by atoms with Crippen molar-refractivity contribution >= 4 is 40.8 Å². The molecule has 9 nitrogen and oxygen atoms in total. The average molecular weight is 643 g/mol. The van der Waals surface area contributed by atoms with Crippen molar-refractivity contribution in [3.05, 3.63) is 112 Å². The summed E-state index contributed by atoms with van der Waals surface area (Å²) in [5, 5.41) is 17.0. The van der Waals surface area contributed by atoms with E-state index in [1.165, 1.54) is 42.7 Å². The van der Waals surface area contributed by atoms with Crippen LogP contribution in [-0.4, -0.2) is 41.5 Å². The van der Waals surface area contributed by atoms with E-state index < -0.39 is 23.9 Å². The van der Waals surface area contributed by atoms with E-state index in [9.17, 15) is 24.3 Å². The number of carboxylic acids is 1. The van der Waals surface area contributed by atoms with Gasteiger partial charge in [-0.2, -0.15) is 0 Å². The van der Waals surface area contributed by atoms with Crippen LogP contribution < -0.4 is 20.1 Å². The highest BCUT2D eigenvalue weighted by Crippen LogP contribution is 2.19. The zero-order valence-electron chi connectivity index (χ0n) is 25.7. The van der Waals surface area contributed by atoms with Gasteiger partial charge in [-0.05, 0) is 84.1 Å². The van der Waals surface area contributed by atoms with Gasteiger partial charge in [-0.1, -0.05) is 50.8 Å². The number of hydrogen-bond acceptors (Lipinski definition) is 7. The van der Waals surface area contributed by atoms with Gasteiger partial charge in [0, 0.05) is 22.5 Å². The van der Waals surface area contributed by atoms with E-state index in [0.717, 1.165) is 17.7 Å². The fourth-order valence-electron chi connectivity index (χ4n) is 4.60. The lowest BCUT2D eigenvalue weighted by molar-refractivity contribution is -0.139. The third-order valence-electron chi connectivity index (χ3n) is 7.13. The van der Waals surface area contributed by atoms with E-state index in [4.69, 9.17) is 9.47 Å². The fraction of sp³-hybridized carbons (Fsp3) is 0.278. The predicted octanol–water partition coefficient (Wildman–Crippen LogP) is 6.92. The number of amides is 2. The molecule has 0 radical (unpaired) electrons. The van der Waals surface area contributed by atoms with Gasteiger partial charge in [-0.15, -0.1) is 11.3 Å². The molecule has 0 fully saturated rings. The van der Waals surface area contributed by atoms with Crippen LogP contribution in [0.2, 0.25) is 0 Å². The van der Waals surface area contributed by atoms with E-state index in [1.54, 1.807) is 60.7 Å². The Hall–Kier alpha value is -4.96. The minimum absolute atomic E-state index is 0.0201. The number of esters is 1. The van der Waals surface area contributed by atoms with Crippen molar-refractivity contribution in [3.8, 4) is 11.5 Å². The van der Waals surface area contributed by atoms with Crippen LogP contribution in [0, 0.1) is 0 Å². The topological polar surface area (TPSA) is 131 Å². The fourth-order valence-corrected chi connectivity index (χ4v) is 5.30. The number of aliphatic carboxylic acids is 1. The number of hydrogen-bond donors (Lipinski definition) is 3. The first-order valence-corrected chi connectivity index (χ1v) is 16.2. The SMILES string of the molecule is CCCCCCCOc1ccc(C(=O)Oc2ccc(CC(NC(=O)c3ccc(NC(=O)Cc4cccs4)cc3)C(=O)O)cc2)cc1. The number of carboxylic acid groups (broad SMARTS) is 1. The van der Waals surface area contributed by atoms with Crippen molar-refractivity contribution in [3.63, 3.8) is 0 Å². The lowest BCUT2D eigenvalue weighted by atomic mass is 10.0. The summed E-state index contributed by atoms with van der Waals surface area (Å²) in [5.74, 6) is -1.44. The molecule has 0 bridgehead atoms. The molecule has 4 rings (SSSR count). The zero-order chi connectivity index (χ0) is 32.7. The van der Waals surface area contributed by atoms with Crippen LogP contribution in [0.4, 0.5) is 5.69 Å². The Morgan fingerprint density at radius 3 is 2.13 bits per heavy atom. The molecule has 240 valence electrons. The Bertz CT molecular complexity index is 1570. The summed E-state index contributed by atoms with van der Waals surface area (Å²) in [7, 11) is 0. The smallest absolute Gasteiger partial charge is 0.343 e. The standard InChI is InChI=1S/C36H38N2O7S/c1-2-3-4-5-6-21-44-29-19-13-27(14-20-29)36(43)45-30-17-9-25(10-18-30)23-32(35(41)42)38-34(40)26-11-15-28(16-12-26)37-33(39)24-31-8-7-22-46-31/h7-20,22,32H,2-6,21,23-24H2,1H3,(H,37,39)(H,38,40)(H,41,42). The number of rotatable bonds is 17. The average Bonchev–Trinajstić information content (AvgIpc) is 3.56. The van der Waals surface area contributed by atoms with Gasteiger partial charge < -0.3 is 25.2 Å². The van der Waals surface area contributed by atoms with Crippen LogP contribution in [0.25, 0.3) is 0 Å². The largest absolute Gasteiger partial charge is 0.494 e. The van der Waals surface area contributed by atoms with Gasteiger partial charge in [0.05, 0.1) is 18.6 Å². The van der Waals surface area contributed by atoms with E-state index in [-0.39, 0.29) is 24.3 Å². The zero-order valence-corrected chi connectivity index (χ0v) is 26.5. The van der Waals surface area contributed by atoms with E-state index in [0.29, 0.717) is 34.9 Å². The highest BCUT2D eigenvalue weighted by Gasteiger charge is 2.21. The number of ether oxygens (including phenoxy) is 2. The molecule has 0 aliphatic rings. The molecular weight excluding hydrogens is 604 g/mol. The highest BCUT2D eigenvalue weighted by molar-refractivity contribution is 7.10. The normalized spacial score (nSPS) is 11.3. The van der Waals surface area contributed by atoms with Crippen LogP contribution >= 0.6 is 11.3 Å². The molecule has 46 heavy (non-hydrogen) atoms. The third-order valence-corrected chi connectivity index (χ3v) is 8.01. The molecule has 0 spiro atoms. The maximum atomic E-state index is 12.8. The summed E-state index contributed by atoms with van der Waals surface area (Å²) in [6.07, 6.45) is 6.05. The Morgan fingerprint density at radius 2 is 1.48 bits per heavy atom. The number of unbranched alkanes of at least 4 members (excludes halogenated alkanes) is 4. The Balaban J connectivity index is 1.24.